The van der Waals surface area contributed by atoms with E-state index < -0.39 is 41.8 Å². The molecule has 3 amide bonds. The van der Waals surface area contributed by atoms with Gasteiger partial charge in [-0.25, -0.2) is 4.79 Å². The number of aliphatic carboxylic acids is 1. The predicted molar refractivity (Wildman–Crippen MR) is 101 cm³/mol. The van der Waals surface area contributed by atoms with Crippen LogP contribution in [0.3, 0.4) is 0 Å². The molecule has 1 saturated heterocycles. The van der Waals surface area contributed by atoms with Gasteiger partial charge < -0.3 is 26.8 Å². The van der Waals surface area contributed by atoms with Gasteiger partial charge >= 0.3 is 5.97 Å². The van der Waals surface area contributed by atoms with E-state index in [2.05, 4.69) is 5.32 Å². The van der Waals surface area contributed by atoms with E-state index in [4.69, 9.17) is 11.5 Å². The summed E-state index contributed by atoms with van der Waals surface area (Å²) in [6.45, 7) is 0.324. The summed E-state index contributed by atoms with van der Waals surface area (Å²) >= 11 is 0. The van der Waals surface area contributed by atoms with E-state index in [0.717, 1.165) is 5.56 Å². The second-order valence-electron chi connectivity index (χ2n) is 6.89. The first-order valence-electron chi connectivity index (χ1n) is 9.21. The number of primary amides is 1. The average Bonchev–Trinajstić information content (AvgIpc) is 3.15. The molecule has 1 heterocycles. The molecule has 1 fully saturated rings. The minimum Gasteiger partial charge on any atom is -0.480 e. The third kappa shape index (κ3) is 5.78. The smallest absolute Gasteiger partial charge is 0.326 e. The molecule has 1 aliphatic heterocycles. The lowest BCUT2D eigenvalue weighted by molar-refractivity contribution is -0.149. The molecule has 0 spiro atoms. The number of nitrogens with two attached hydrogens (primary N) is 2. The maximum atomic E-state index is 13.0. The Morgan fingerprint density at radius 3 is 2.50 bits per heavy atom. The number of benzene rings is 1. The Hall–Kier alpha value is -2.94. The molecule has 2 rings (SSSR count). The lowest BCUT2D eigenvalue weighted by Crippen LogP contribution is -2.55. The van der Waals surface area contributed by atoms with Crippen molar-refractivity contribution in [3.63, 3.8) is 0 Å². The summed E-state index contributed by atoms with van der Waals surface area (Å²) in [7, 11) is 0. The second-order valence-corrected chi connectivity index (χ2v) is 6.89. The summed E-state index contributed by atoms with van der Waals surface area (Å²) in [4.78, 5) is 49.1. The fourth-order valence-corrected chi connectivity index (χ4v) is 3.24. The van der Waals surface area contributed by atoms with E-state index in [1.807, 2.05) is 30.3 Å². The van der Waals surface area contributed by atoms with E-state index in [1.165, 1.54) is 4.90 Å². The molecule has 0 aliphatic carbocycles. The predicted octanol–water partition coefficient (Wildman–Crippen LogP) is -0.618. The first-order valence-corrected chi connectivity index (χ1v) is 9.21. The molecule has 1 aromatic rings. The van der Waals surface area contributed by atoms with Crippen LogP contribution in [0, 0.1) is 0 Å². The molecule has 6 N–H and O–H groups in total. The van der Waals surface area contributed by atoms with Crippen LogP contribution in [0.4, 0.5) is 0 Å². The van der Waals surface area contributed by atoms with Crippen LogP contribution in [-0.2, 0) is 25.6 Å². The minimum absolute atomic E-state index is 0.0426. The molecule has 0 bridgehead atoms. The van der Waals surface area contributed by atoms with Crippen molar-refractivity contribution in [3.05, 3.63) is 35.9 Å². The molecule has 3 atom stereocenters. The summed E-state index contributed by atoms with van der Waals surface area (Å²) < 4.78 is 0. The molecule has 152 valence electrons. The molecule has 3 unspecified atom stereocenters. The van der Waals surface area contributed by atoms with E-state index in [1.54, 1.807) is 0 Å². The van der Waals surface area contributed by atoms with Crippen LogP contribution in [0.1, 0.15) is 31.2 Å². The van der Waals surface area contributed by atoms with E-state index >= 15 is 0 Å². The largest absolute Gasteiger partial charge is 0.480 e. The number of hydrogen-bond acceptors (Lipinski definition) is 5. The third-order valence-electron chi connectivity index (χ3n) is 4.76. The third-order valence-corrected chi connectivity index (χ3v) is 4.76. The highest BCUT2D eigenvalue weighted by Crippen LogP contribution is 2.19. The number of likely N-dealkylation sites (tertiary alicyclic amines) is 1. The fourth-order valence-electron chi connectivity index (χ4n) is 3.24. The fraction of sp³-hybridized carbons (Fsp3) is 0.474. The van der Waals surface area contributed by atoms with Crippen molar-refractivity contribution in [2.24, 2.45) is 11.5 Å². The Balaban J connectivity index is 2.14. The van der Waals surface area contributed by atoms with Gasteiger partial charge in [0.1, 0.15) is 12.1 Å². The number of amides is 3. The normalized spacial score (nSPS) is 18.3. The summed E-state index contributed by atoms with van der Waals surface area (Å²) in [6.07, 6.45) is 1.20. The number of carbonyl (C=O) groups excluding carboxylic acids is 3. The van der Waals surface area contributed by atoms with E-state index in [0.29, 0.717) is 19.4 Å². The zero-order valence-corrected chi connectivity index (χ0v) is 15.5. The van der Waals surface area contributed by atoms with Crippen LogP contribution in [0.5, 0.6) is 0 Å². The first-order chi connectivity index (χ1) is 13.3. The van der Waals surface area contributed by atoms with Crippen LogP contribution in [0.25, 0.3) is 0 Å². The highest BCUT2D eigenvalue weighted by Gasteiger charge is 2.38. The monoisotopic (exact) mass is 390 g/mol. The minimum atomic E-state index is -1.06. The van der Waals surface area contributed by atoms with Crippen LogP contribution < -0.4 is 16.8 Å². The quantitative estimate of drug-likeness (QED) is 0.440. The molecular formula is C19H26N4O5. The highest BCUT2D eigenvalue weighted by molar-refractivity contribution is 5.92. The maximum absolute atomic E-state index is 13.0. The van der Waals surface area contributed by atoms with Crippen molar-refractivity contribution < 1.29 is 24.3 Å². The number of nitrogens with one attached hydrogen (secondary N) is 1. The molecule has 1 aromatic carbocycles. The van der Waals surface area contributed by atoms with Gasteiger partial charge in [-0.1, -0.05) is 30.3 Å². The molecule has 1 aliphatic rings. The Morgan fingerprint density at radius 2 is 1.89 bits per heavy atom. The van der Waals surface area contributed by atoms with Crippen molar-refractivity contribution >= 4 is 23.7 Å². The molecule has 9 nitrogen and oxygen atoms in total. The Labute approximate surface area is 163 Å². The lowest BCUT2D eigenvalue weighted by Gasteiger charge is -2.28. The van der Waals surface area contributed by atoms with Gasteiger partial charge in [0, 0.05) is 19.4 Å². The number of carboxylic acids is 1. The first kappa shape index (κ1) is 21.4. The van der Waals surface area contributed by atoms with E-state index in [-0.39, 0.29) is 19.3 Å². The Bertz CT molecular complexity index is 724. The Morgan fingerprint density at radius 1 is 1.21 bits per heavy atom. The molecule has 28 heavy (non-hydrogen) atoms. The molecule has 9 heteroatoms. The van der Waals surface area contributed by atoms with Gasteiger partial charge in [0.2, 0.25) is 17.7 Å². The highest BCUT2D eigenvalue weighted by atomic mass is 16.4. The van der Waals surface area contributed by atoms with Crippen molar-refractivity contribution in [3.8, 4) is 0 Å². The van der Waals surface area contributed by atoms with Crippen molar-refractivity contribution in [2.75, 3.05) is 6.54 Å². The zero-order chi connectivity index (χ0) is 20.7. The SMILES string of the molecule is NC(=O)CCC(N)C(=O)NC(Cc1ccccc1)C(=O)N1CCCC1C(=O)O. The topological polar surface area (TPSA) is 156 Å². The van der Waals surface area contributed by atoms with Crippen molar-refractivity contribution in [1.82, 2.24) is 10.2 Å². The van der Waals surface area contributed by atoms with Crippen molar-refractivity contribution in [2.45, 2.75) is 50.2 Å². The maximum Gasteiger partial charge on any atom is 0.326 e. The average molecular weight is 390 g/mol. The molecular weight excluding hydrogens is 364 g/mol. The van der Waals surface area contributed by atoms with Crippen molar-refractivity contribution in [1.29, 1.82) is 0 Å². The van der Waals surface area contributed by atoms with Crippen LogP contribution in [-0.4, -0.2) is 58.4 Å². The van der Waals surface area contributed by atoms with Crippen LogP contribution in [0.2, 0.25) is 0 Å². The van der Waals surface area contributed by atoms with E-state index in [9.17, 15) is 24.3 Å². The van der Waals surface area contributed by atoms with Gasteiger partial charge in [-0.15, -0.1) is 0 Å². The second kappa shape index (κ2) is 9.84. The molecule has 0 radical (unpaired) electrons. The van der Waals surface area contributed by atoms with Crippen LogP contribution >= 0.6 is 0 Å². The van der Waals surface area contributed by atoms with Gasteiger partial charge in [-0.05, 0) is 24.8 Å². The standard InChI is InChI=1S/C19H26N4O5/c20-13(8-9-16(21)24)17(25)22-14(11-12-5-2-1-3-6-12)18(26)23-10-4-7-15(23)19(27)28/h1-3,5-6,13-15H,4,7-11,20H2,(H2,21,24)(H,22,25)(H,27,28). The number of hydrogen-bond donors (Lipinski definition) is 4. The summed E-state index contributed by atoms with van der Waals surface area (Å²) in [5, 5.41) is 12.0. The molecule has 0 aromatic heterocycles. The van der Waals surface area contributed by atoms with Gasteiger partial charge in [0.15, 0.2) is 0 Å². The summed E-state index contributed by atoms with van der Waals surface area (Å²) in [6, 6.07) is 6.25. The summed E-state index contributed by atoms with van der Waals surface area (Å²) in [5.74, 6) is -2.67. The lowest BCUT2D eigenvalue weighted by atomic mass is 10.0. The number of rotatable bonds is 9. The van der Waals surface area contributed by atoms with Gasteiger partial charge in [-0.3, -0.25) is 14.4 Å². The van der Waals surface area contributed by atoms with Gasteiger partial charge in [0.05, 0.1) is 6.04 Å². The summed E-state index contributed by atoms with van der Waals surface area (Å²) in [5.41, 5.74) is 11.7. The van der Waals surface area contributed by atoms with Crippen LogP contribution in [0.15, 0.2) is 30.3 Å². The zero-order valence-electron chi connectivity index (χ0n) is 15.5. The Kier molecular flexibility index (Phi) is 7.51. The molecule has 0 saturated carbocycles. The number of nitrogens with zero attached hydrogens (tertiary/aromatic N) is 1. The van der Waals surface area contributed by atoms with Gasteiger partial charge in [0.25, 0.3) is 0 Å². The number of carbonyl (C=O) groups is 4. The van der Waals surface area contributed by atoms with Gasteiger partial charge in [-0.2, -0.15) is 0 Å². The number of carboxylic acid groups (broad SMARTS) is 1.